The molecule has 2 rings (SSSR count). The highest BCUT2D eigenvalue weighted by atomic mass is 16.1. The molecule has 2 aromatic heterocycles. The molecule has 0 aliphatic heterocycles. The van der Waals surface area contributed by atoms with E-state index >= 15 is 0 Å². The minimum atomic E-state index is -0.283. The second kappa shape index (κ2) is 4.74. The van der Waals surface area contributed by atoms with Gasteiger partial charge in [-0.2, -0.15) is 5.10 Å². The van der Waals surface area contributed by atoms with Gasteiger partial charge in [0.15, 0.2) is 0 Å². The zero-order valence-corrected chi connectivity index (χ0v) is 9.80. The first-order valence-corrected chi connectivity index (χ1v) is 5.31. The summed E-state index contributed by atoms with van der Waals surface area (Å²) in [5.41, 5.74) is 6.63. The Morgan fingerprint density at radius 1 is 1.56 bits per heavy atom. The molecule has 0 saturated heterocycles. The Balaban J connectivity index is 2.02. The van der Waals surface area contributed by atoms with Crippen LogP contribution in [0.25, 0.3) is 0 Å². The first-order chi connectivity index (χ1) is 8.58. The number of carbonyl (C=O) groups excluding carboxylic acids is 1. The molecule has 0 atom stereocenters. The lowest BCUT2D eigenvalue weighted by Crippen LogP contribution is -2.24. The largest absolute Gasteiger partial charge is 0.384 e. The second-order valence-electron chi connectivity index (χ2n) is 3.80. The topological polar surface area (TPSA) is 106 Å². The van der Waals surface area contributed by atoms with Crippen molar-refractivity contribution in [2.24, 2.45) is 7.05 Å². The normalized spacial score (nSPS) is 10.3. The summed E-state index contributed by atoms with van der Waals surface area (Å²) in [5, 5.41) is 6.67. The number of aromatic nitrogens is 3. The van der Waals surface area contributed by atoms with Gasteiger partial charge in [0.2, 0.25) is 5.56 Å². The van der Waals surface area contributed by atoms with E-state index in [2.05, 4.69) is 15.4 Å². The van der Waals surface area contributed by atoms with Gasteiger partial charge in [-0.15, -0.1) is 0 Å². The number of aromatic amines is 1. The molecule has 0 aromatic carbocycles. The summed E-state index contributed by atoms with van der Waals surface area (Å²) < 4.78 is 1.53. The Hall–Kier alpha value is -2.57. The summed E-state index contributed by atoms with van der Waals surface area (Å²) in [6.45, 7) is 0.289. The number of H-pyrrole nitrogens is 1. The number of nitrogen functional groups attached to an aromatic ring is 1. The van der Waals surface area contributed by atoms with Crippen LogP contribution >= 0.6 is 0 Å². The standard InChI is InChI=1S/C11H13N5O2/c1-16-10(12)8(6-15-16)5-14-11(18)7-2-3-9(17)13-4-7/h2-4,6H,5,12H2,1H3,(H,13,17)(H,14,18). The number of hydrogen-bond acceptors (Lipinski definition) is 4. The molecule has 0 spiro atoms. The number of rotatable bonds is 3. The van der Waals surface area contributed by atoms with E-state index in [4.69, 9.17) is 5.73 Å². The summed E-state index contributed by atoms with van der Waals surface area (Å²) in [7, 11) is 1.72. The third-order valence-corrected chi connectivity index (χ3v) is 2.55. The fourth-order valence-electron chi connectivity index (χ4n) is 1.46. The maximum absolute atomic E-state index is 11.7. The minimum Gasteiger partial charge on any atom is -0.384 e. The third-order valence-electron chi connectivity index (χ3n) is 2.55. The van der Waals surface area contributed by atoms with Crippen molar-refractivity contribution in [2.45, 2.75) is 6.54 Å². The van der Waals surface area contributed by atoms with Crippen LogP contribution in [-0.2, 0) is 13.6 Å². The van der Waals surface area contributed by atoms with Crippen LogP contribution in [0.1, 0.15) is 15.9 Å². The number of hydrogen-bond donors (Lipinski definition) is 3. The Labute approximate surface area is 103 Å². The van der Waals surface area contributed by atoms with Gasteiger partial charge in [-0.1, -0.05) is 0 Å². The predicted octanol–water partition coefficient (Wildman–Crippen LogP) is -0.379. The van der Waals surface area contributed by atoms with Crippen molar-refractivity contribution in [3.8, 4) is 0 Å². The van der Waals surface area contributed by atoms with E-state index in [1.165, 1.54) is 23.0 Å². The summed E-state index contributed by atoms with van der Waals surface area (Å²) in [4.78, 5) is 25.0. The number of amides is 1. The van der Waals surface area contributed by atoms with Crippen molar-refractivity contribution in [3.05, 3.63) is 46.0 Å². The number of aryl methyl sites for hydroxylation is 1. The van der Waals surface area contributed by atoms with Crippen molar-refractivity contribution in [2.75, 3.05) is 5.73 Å². The lowest BCUT2D eigenvalue weighted by molar-refractivity contribution is 0.0950. The third kappa shape index (κ3) is 2.40. The quantitative estimate of drug-likeness (QED) is 0.687. The smallest absolute Gasteiger partial charge is 0.253 e. The molecule has 0 bridgehead atoms. The maximum Gasteiger partial charge on any atom is 0.253 e. The van der Waals surface area contributed by atoms with Crippen LogP contribution in [0.5, 0.6) is 0 Å². The molecule has 7 nitrogen and oxygen atoms in total. The molecule has 18 heavy (non-hydrogen) atoms. The summed E-state index contributed by atoms with van der Waals surface area (Å²) in [6.07, 6.45) is 2.97. The molecular formula is C11H13N5O2. The molecule has 1 amide bonds. The van der Waals surface area contributed by atoms with Crippen LogP contribution in [0.4, 0.5) is 5.82 Å². The van der Waals surface area contributed by atoms with Gasteiger partial charge in [0.05, 0.1) is 11.8 Å². The fraction of sp³-hybridized carbons (Fsp3) is 0.182. The van der Waals surface area contributed by atoms with Crippen LogP contribution in [0.2, 0.25) is 0 Å². The Morgan fingerprint density at radius 2 is 2.33 bits per heavy atom. The van der Waals surface area contributed by atoms with Crippen LogP contribution in [0.15, 0.2) is 29.3 Å². The lowest BCUT2D eigenvalue weighted by Gasteiger charge is -2.04. The van der Waals surface area contributed by atoms with E-state index in [1.807, 2.05) is 0 Å². The van der Waals surface area contributed by atoms with E-state index in [9.17, 15) is 9.59 Å². The van der Waals surface area contributed by atoms with Crippen LogP contribution in [0.3, 0.4) is 0 Å². The highest BCUT2D eigenvalue weighted by molar-refractivity contribution is 5.93. The average Bonchev–Trinajstić information content (AvgIpc) is 2.68. The number of pyridine rings is 1. The van der Waals surface area contributed by atoms with Gasteiger partial charge in [0.25, 0.3) is 5.91 Å². The molecule has 0 saturated carbocycles. The van der Waals surface area contributed by atoms with Crippen LogP contribution < -0.4 is 16.6 Å². The lowest BCUT2D eigenvalue weighted by atomic mass is 10.2. The molecular weight excluding hydrogens is 234 g/mol. The Morgan fingerprint density at radius 3 is 2.89 bits per heavy atom. The summed E-state index contributed by atoms with van der Waals surface area (Å²) in [6, 6.07) is 2.76. The zero-order valence-electron chi connectivity index (χ0n) is 9.80. The van der Waals surface area contributed by atoms with Gasteiger partial charge < -0.3 is 16.0 Å². The highest BCUT2D eigenvalue weighted by Gasteiger charge is 2.08. The first kappa shape index (κ1) is 11.9. The molecule has 0 radical (unpaired) electrons. The monoisotopic (exact) mass is 247 g/mol. The van der Waals surface area contributed by atoms with Crippen molar-refractivity contribution in [1.82, 2.24) is 20.1 Å². The minimum absolute atomic E-state index is 0.247. The number of nitrogens with one attached hydrogen (secondary N) is 2. The van der Waals surface area contributed by atoms with Gasteiger partial charge in [-0.25, -0.2) is 0 Å². The van der Waals surface area contributed by atoms with E-state index in [-0.39, 0.29) is 18.0 Å². The molecule has 0 aliphatic carbocycles. The summed E-state index contributed by atoms with van der Waals surface area (Å²) >= 11 is 0. The van der Waals surface area contributed by atoms with E-state index in [0.717, 1.165) is 5.56 Å². The molecule has 0 aliphatic rings. The van der Waals surface area contributed by atoms with Crippen molar-refractivity contribution >= 4 is 11.7 Å². The fourth-order valence-corrected chi connectivity index (χ4v) is 1.46. The number of carbonyl (C=O) groups is 1. The zero-order chi connectivity index (χ0) is 13.1. The van der Waals surface area contributed by atoms with E-state index in [0.29, 0.717) is 11.4 Å². The molecule has 94 valence electrons. The Bertz CT molecular complexity index is 608. The average molecular weight is 247 g/mol. The van der Waals surface area contributed by atoms with Crippen LogP contribution in [0, 0.1) is 0 Å². The van der Waals surface area contributed by atoms with Gasteiger partial charge >= 0.3 is 0 Å². The van der Waals surface area contributed by atoms with Gasteiger partial charge in [-0.3, -0.25) is 14.3 Å². The van der Waals surface area contributed by atoms with Crippen molar-refractivity contribution in [3.63, 3.8) is 0 Å². The van der Waals surface area contributed by atoms with E-state index in [1.54, 1.807) is 13.2 Å². The number of nitrogens with two attached hydrogens (primary N) is 1. The molecule has 0 fully saturated rings. The summed E-state index contributed by atoms with van der Waals surface area (Å²) in [5.74, 6) is 0.228. The molecule has 2 aromatic rings. The second-order valence-corrected chi connectivity index (χ2v) is 3.80. The highest BCUT2D eigenvalue weighted by Crippen LogP contribution is 2.08. The van der Waals surface area contributed by atoms with Gasteiger partial charge in [0, 0.05) is 31.4 Å². The molecule has 2 heterocycles. The number of nitrogens with zero attached hydrogens (tertiary/aromatic N) is 2. The molecule has 7 heteroatoms. The van der Waals surface area contributed by atoms with E-state index < -0.39 is 0 Å². The number of anilines is 1. The SMILES string of the molecule is Cn1ncc(CNC(=O)c2ccc(=O)[nH]c2)c1N. The van der Waals surface area contributed by atoms with Crippen LogP contribution in [-0.4, -0.2) is 20.7 Å². The van der Waals surface area contributed by atoms with Crippen molar-refractivity contribution in [1.29, 1.82) is 0 Å². The first-order valence-electron chi connectivity index (χ1n) is 5.31. The van der Waals surface area contributed by atoms with Gasteiger partial charge in [-0.05, 0) is 6.07 Å². The maximum atomic E-state index is 11.7. The predicted molar refractivity (Wildman–Crippen MR) is 65.9 cm³/mol. The molecule has 4 N–H and O–H groups in total. The molecule has 0 unspecified atom stereocenters. The van der Waals surface area contributed by atoms with Gasteiger partial charge in [0.1, 0.15) is 5.82 Å². The Kier molecular flexibility index (Phi) is 3.13. The van der Waals surface area contributed by atoms with Crippen molar-refractivity contribution < 1.29 is 4.79 Å².